The lowest BCUT2D eigenvalue weighted by atomic mass is 9.80. The van der Waals surface area contributed by atoms with Crippen LogP contribution in [0.4, 0.5) is 0 Å². The molecule has 1 aliphatic carbocycles. The molecule has 0 heterocycles. The van der Waals surface area contributed by atoms with Gasteiger partial charge in [-0.15, -0.1) is 0 Å². The van der Waals surface area contributed by atoms with Gasteiger partial charge in [0.05, 0.1) is 0 Å². The topological polar surface area (TPSA) is 26.0 Å². The van der Waals surface area contributed by atoms with Crippen LogP contribution in [0.1, 0.15) is 63.1 Å². The molecule has 0 amide bonds. The Kier molecular flexibility index (Phi) is 4.35. The molecule has 0 radical (unpaired) electrons. The number of hydrogen-bond donors (Lipinski definition) is 1. The van der Waals surface area contributed by atoms with E-state index in [0.717, 1.165) is 5.92 Å². The standard InChI is InChI=1S/C18H29N/c1-13-11-16(18(2,3)4)8-7-15(13)12-14-5-9-17(19)10-6-14/h7-8,11,14,17H,5-6,9-10,12,19H2,1-4H3. The van der Waals surface area contributed by atoms with Gasteiger partial charge in [-0.1, -0.05) is 39.0 Å². The van der Waals surface area contributed by atoms with Crippen molar-refractivity contribution in [2.75, 3.05) is 0 Å². The molecule has 2 rings (SSSR count). The lowest BCUT2D eigenvalue weighted by molar-refractivity contribution is 0.324. The molecule has 0 aromatic heterocycles. The van der Waals surface area contributed by atoms with Crippen LogP contribution in [0.2, 0.25) is 0 Å². The number of hydrogen-bond acceptors (Lipinski definition) is 1. The number of rotatable bonds is 2. The molecule has 0 atom stereocenters. The predicted molar refractivity (Wildman–Crippen MR) is 83.5 cm³/mol. The van der Waals surface area contributed by atoms with E-state index in [2.05, 4.69) is 45.9 Å². The van der Waals surface area contributed by atoms with Gasteiger partial charge in [0.1, 0.15) is 0 Å². The third kappa shape index (κ3) is 3.82. The SMILES string of the molecule is Cc1cc(C(C)(C)C)ccc1CC1CCC(N)CC1. The molecular weight excluding hydrogens is 230 g/mol. The zero-order chi connectivity index (χ0) is 14.0. The Hall–Kier alpha value is -0.820. The first-order chi connectivity index (χ1) is 8.86. The minimum absolute atomic E-state index is 0.251. The van der Waals surface area contributed by atoms with Gasteiger partial charge in [-0.3, -0.25) is 0 Å². The lowest BCUT2D eigenvalue weighted by Crippen LogP contribution is -2.27. The van der Waals surface area contributed by atoms with Crippen LogP contribution in [-0.2, 0) is 11.8 Å². The Labute approximate surface area is 118 Å². The van der Waals surface area contributed by atoms with Crippen LogP contribution in [0.3, 0.4) is 0 Å². The minimum atomic E-state index is 0.251. The van der Waals surface area contributed by atoms with Crippen LogP contribution < -0.4 is 5.73 Å². The van der Waals surface area contributed by atoms with E-state index in [4.69, 9.17) is 5.73 Å². The van der Waals surface area contributed by atoms with Crippen molar-refractivity contribution in [1.29, 1.82) is 0 Å². The van der Waals surface area contributed by atoms with Gasteiger partial charge >= 0.3 is 0 Å². The molecule has 0 bridgehead atoms. The van der Waals surface area contributed by atoms with E-state index in [9.17, 15) is 0 Å². The first-order valence-corrected chi connectivity index (χ1v) is 7.72. The summed E-state index contributed by atoms with van der Waals surface area (Å²) in [7, 11) is 0. The molecule has 1 aromatic carbocycles. The van der Waals surface area contributed by atoms with Crippen LogP contribution in [0.25, 0.3) is 0 Å². The molecule has 0 unspecified atom stereocenters. The highest BCUT2D eigenvalue weighted by atomic mass is 14.6. The van der Waals surface area contributed by atoms with Gasteiger partial charge < -0.3 is 5.73 Å². The molecule has 1 aliphatic rings. The highest BCUT2D eigenvalue weighted by Crippen LogP contribution is 2.29. The zero-order valence-electron chi connectivity index (χ0n) is 13.0. The van der Waals surface area contributed by atoms with Crippen molar-refractivity contribution >= 4 is 0 Å². The van der Waals surface area contributed by atoms with Crippen molar-refractivity contribution < 1.29 is 0 Å². The second kappa shape index (κ2) is 5.66. The summed E-state index contributed by atoms with van der Waals surface area (Å²) < 4.78 is 0. The summed E-state index contributed by atoms with van der Waals surface area (Å²) in [6.45, 7) is 9.11. The summed E-state index contributed by atoms with van der Waals surface area (Å²) in [5.74, 6) is 0.846. The van der Waals surface area contributed by atoms with E-state index in [0.29, 0.717) is 6.04 Å². The van der Waals surface area contributed by atoms with Gasteiger partial charge in [0.2, 0.25) is 0 Å². The summed E-state index contributed by atoms with van der Waals surface area (Å²) in [6, 6.07) is 7.51. The first kappa shape index (κ1) is 14.6. The second-order valence-electron chi connectivity index (χ2n) is 7.38. The molecule has 106 valence electrons. The Morgan fingerprint density at radius 1 is 1.11 bits per heavy atom. The van der Waals surface area contributed by atoms with Crippen molar-refractivity contribution in [1.82, 2.24) is 0 Å². The van der Waals surface area contributed by atoms with E-state index in [1.807, 2.05) is 0 Å². The van der Waals surface area contributed by atoms with E-state index in [-0.39, 0.29) is 5.41 Å². The van der Waals surface area contributed by atoms with Gasteiger partial charge in [0.25, 0.3) is 0 Å². The first-order valence-electron chi connectivity index (χ1n) is 7.72. The molecule has 1 aromatic rings. The number of benzene rings is 1. The largest absolute Gasteiger partial charge is 0.328 e. The monoisotopic (exact) mass is 259 g/mol. The summed E-state index contributed by atoms with van der Waals surface area (Å²) >= 11 is 0. The Balaban J connectivity index is 2.05. The Morgan fingerprint density at radius 2 is 1.74 bits per heavy atom. The van der Waals surface area contributed by atoms with Crippen molar-refractivity contribution in [2.24, 2.45) is 11.7 Å². The smallest absolute Gasteiger partial charge is 0.00390 e. The Morgan fingerprint density at radius 3 is 2.26 bits per heavy atom. The molecule has 1 nitrogen and oxygen atoms in total. The third-order valence-electron chi connectivity index (χ3n) is 4.61. The van der Waals surface area contributed by atoms with Gasteiger partial charge in [-0.25, -0.2) is 0 Å². The summed E-state index contributed by atoms with van der Waals surface area (Å²) in [4.78, 5) is 0. The molecule has 2 N–H and O–H groups in total. The maximum atomic E-state index is 5.99. The van der Waals surface area contributed by atoms with Gasteiger partial charge in [0.15, 0.2) is 0 Å². The fourth-order valence-corrected chi connectivity index (χ4v) is 3.09. The minimum Gasteiger partial charge on any atom is -0.328 e. The van der Waals surface area contributed by atoms with Crippen LogP contribution >= 0.6 is 0 Å². The zero-order valence-corrected chi connectivity index (χ0v) is 13.0. The second-order valence-corrected chi connectivity index (χ2v) is 7.38. The number of nitrogens with two attached hydrogens (primary N) is 1. The maximum absolute atomic E-state index is 5.99. The van der Waals surface area contributed by atoms with Crippen molar-refractivity contribution in [2.45, 2.75) is 71.3 Å². The summed E-state index contributed by atoms with van der Waals surface area (Å²) in [6.07, 6.45) is 6.28. The molecule has 0 aliphatic heterocycles. The third-order valence-corrected chi connectivity index (χ3v) is 4.61. The average Bonchev–Trinajstić information content (AvgIpc) is 2.33. The highest BCUT2D eigenvalue weighted by molar-refractivity contribution is 5.34. The predicted octanol–water partition coefficient (Wildman–Crippen LogP) is 4.35. The van der Waals surface area contributed by atoms with E-state index < -0.39 is 0 Å². The molecule has 19 heavy (non-hydrogen) atoms. The molecular formula is C18H29N. The molecule has 1 saturated carbocycles. The fraction of sp³-hybridized carbons (Fsp3) is 0.667. The molecule has 1 fully saturated rings. The molecule has 0 saturated heterocycles. The van der Waals surface area contributed by atoms with E-state index >= 15 is 0 Å². The van der Waals surface area contributed by atoms with Gasteiger partial charge in [-0.05, 0) is 67.1 Å². The highest BCUT2D eigenvalue weighted by Gasteiger charge is 2.20. The van der Waals surface area contributed by atoms with E-state index in [1.165, 1.54) is 48.8 Å². The van der Waals surface area contributed by atoms with Crippen molar-refractivity contribution in [3.8, 4) is 0 Å². The van der Waals surface area contributed by atoms with Crippen LogP contribution in [0, 0.1) is 12.8 Å². The van der Waals surface area contributed by atoms with Crippen LogP contribution in [0.5, 0.6) is 0 Å². The van der Waals surface area contributed by atoms with Crippen molar-refractivity contribution in [3.63, 3.8) is 0 Å². The summed E-state index contributed by atoms with van der Waals surface area (Å²) in [5.41, 5.74) is 10.7. The fourth-order valence-electron chi connectivity index (χ4n) is 3.09. The van der Waals surface area contributed by atoms with Crippen LogP contribution in [-0.4, -0.2) is 6.04 Å². The van der Waals surface area contributed by atoms with Gasteiger partial charge in [0, 0.05) is 6.04 Å². The summed E-state index contributed by atoms with van der Waals surface area (Å²) in [5, 5.41) is 0. The van der Waals surface area contributed by atoms with Crippen molar-refractivity contribution in [3.05, 3.63) is 34.9 Å². The van der Waals surface area contributed by atoms with E-state index in [1.54, 1.807) is 0 Å². The molecule has 1 heteroatoms. The Bertz CT molecular complexity index is 420. The normalized spacial score (nSPS) is 24.5. The number of aryl methyl sites for hydroxylation is 1. The molecule has 0 spiro atoms. The van der Waals surface area contributed by atoms with Gasteiger partial charge in [-0.2, -0.15) is 0 Å². The van der Waals surface area contributed by atoms with Crippen LogP contribution in [0.15, 0.2) is 18.2 Å². The maximum Gasteiger partial charge on any atom is 0.00390 e. The lowest BCUT2D eigenvalue weighted by Gasteiger charge is -2.27. The average molecular weight is 259 g/mol. The quantitative estimate of drug-likeness (QED) is 0.839.